The lowest BCUT2D eigenvalue weighted by molar-refractivity contribution is -0.142. The van der Waals surface area contributed by atoms with Crippen LogP contribution in [0.25, 0.3) is 0 Å². The fourth-order valence-corrected chi connectivity index (χ4v) is 3.82. The van der Waals surface area contributed by atoms with Gasteiger partial charge in [0.2, 0.25) is 11.9 Å². The molecule has 1 aromatic carbocycles. The highest BCUT2D eigenvalue weighted by Gasteiger charge is 2.28. The molecule has 4 rings (SSSR count). The van der Waals surface area contributed by atoms with Crippen molar-refractivity contribution in [3.63, 3.8) is 0 Å². The average molecular weight is 340 g/mol. The second-order valence-corrected chi connectivity index (χ2v) is 6.79. The Balaban J connectivity index is 1.40. The fourth-order valence-electron chi connectivity index (χ4n) is 3.82. The van der Waals surface area contributed by atoms with Crippen LogP contribution in [0.4, 0.5) is 5.95 Å². The van der Waals surface area contributed by atoms with E-state index in [9.17, 15) is 9.59 Å². The Labute approximate surface area is 145 Å². The largest absolute Gasteiger partial charge is 0.481 e. The van der Waals surface area contributed by atoms with Crippen molar-refractivity contribution in [1.82, 2.24) is 14.8 Å². The number of aliphatic carboxylic acids is 1. The normalized spacial score (nSPS) is 21.4. The molecular weight excluding hydrogens is 320 g/mol. The van der Waals surface area contributed by atoms with Crippen molar-refractivity contribution >= 4 is 17.8 Å². The van der Waals surface area contributed by atoms with Gasteiger partial charge in [0.15, 0.2) is 0 Å². The van der Waals surface area contributed by atoms with Crippen LogP contribution in [0, 0.1) is 5.92 Å². The van der Waals surface area contributed by atoms with Gasteiger partial charge in [-0.2, -0.15) is 4.98 Å². The van der Waals surface area contributed by atoms with Gasteiger partial charge in [-0.1, -0.05) is 24.3 Å². The van der Waals surface area contributed by atoms with Crippen LogP contribution >= 0.6 is 0 Å². The lowest BCUT2D eigenvalue weighted by Gasteiger charge is -2.18. The molecule has 2 aromatic rings. The summed E-state index contributed by atoms with van der Waals surface area (Å²) in [6, 6.07) is 8.27. The van der Waals surface area contributed by atoms with Crippen LogP contribution in [0.15, 0.2) is 24.3 Å². The van der Waals surface area contributed by atoms with E-state index in [4.69, 9.17) is 5.11 Å². The van der Waals surface area contributed by atoms with E-state index in [1.165, 1.54) is 11.1 Å². The van der Waals surface area contributed by atoms with Crippen LogP contribution in [0.2, 0.25) is 0 Å². The quantitative estimate of drug-likeness (QED) is 0.887. The van der Waals surface area contributed by atoms with E-state index < -0.39 is 11.9 Å². The number of hydrogen-bond acceptors (Lipinski definition) is 4. The van der Waals surface area contributed by atoms with Gasteiger partial charge in [0.05, 0.1) is 12.5 Å². The Hall–Kier alpha value is -2.70. The maximum absolute atomic E-state index is 12.4. The maximum atomic E-state index is 12.4. The molecule has 7 heteroatoms. The predicted octanol–water partition coefficient (Wildman–Crippen LogP) is 1.98. The number of fused-ring (bicyclic) bond motifs is 2. The van der Waals surface area contributed by atoms with Gasteiger partial charge in [0.1, 0.15) is 5.82 Å². The zero-order chi connectivity index (χ0) is 17.4. The number of rotatable bonds is 4. The summed E-state index contributed by atoms with van der Waals surface area (Å²) < 4.78 is 1.60. The third-order valence-electron chi connectivity index (χ3n) is 5.15. The van der Waals surface area contributed by atoms with Gasteiger partial charge in [0, 0.05) is 12.8 Å². The smallest absolute Gasteiger partial charge is 0.308 e. The molecule has 2 atom stereocenters. The number of hydrogen-bond donors (Lipinski definition) is 2. The minimum atomic E-state index is -0.813. The first-order valence-electron chi connectivity index (χ1n) is 8.64. The van der Waals surface area contributed by atoms with Crippen LogP contribution in [0.3, 0.4) is 0 Å². The van der Waals surface area contributed by atoms with Crippen molar-refractivity contribution < 1.29 is 14.7 Å². The van der Waals surface area contributed by atoms with Crippen LogP contribution < -0.4 is 5.32 Å². The number of nitrogens with one attached hydrogen (secondary N) is 1. The molecule has 2 heterocycles. The zero-order valence-corrected chi connectivity index (χ0v) is 13.8. The molecule has 0 radical (unpaired) electrons. The van der Waals surface area contributed by atoms with E-state index in [-0.39, 0.29) is 17.8 Å². The number of carboxylic acids is 1. The van der Waals surface area contributed by atoms with Crippen molar-refractivity contribution in [3.8, 4) is 0 Å². The summed E-state index contributed by atoms with van der Waals surface area (Å²) in [6.07, 6.45) is 3.54. The molecule has 0 spiro atoms. The number of aryl methyl sites for hydroxylation is 2. The number of aromatic nitrogens is 3. The first kappa shape index (κ1) is 15.8. The fraction of sp³-hybridized carbons (Fsp3) is 0.444. The third kappa shape index (κ3) is 3.14. The standard InChI is InChI=1S/C18H20N4O3/c23-16(9-12-6-5-11-3-1-2-4-14(11)12)20-18-19-15-8-7-13(17(24)25)10-22(15)21-18/h1-4,12-13H,5-10H2,(H,24,25)(H,20,21,23). The lowest BCUT2D eigenvalue weighted by Crippen LogP contribution is -2.27. The Morgan fingerprint density at radius 3 is 2.92 bits per heavy atom. The van der Waals surface area contributed by atoms with Crippen molar-refractivity contribution in [1.29, 1.82) is 0 Å². The first-order valence-corrected chi connectivity index (χ1v) is 8.64. The van der Waals surface area contributed by atoms with Crippen LogP contribution in [0.5, 0.6) is 0 Å². The highest BCUT2D eigenvalue weighted by atomic mass is 16.4. The Morgan fingerprint density at radius 2 is 2.08 bits per heavy atom. The number of carboxylic acid groups (broad SMARTS) is 1. The van der Waals surface area contributed by atoms with Crippen molar-refractivity contribution in [2.75, 3.05) is 5.32 Å². The molecule has 0 saturated heterocycles. The average Bonchev–Trinajstić information content (AvgIpc) is 3.17. The SMILES string of the molecule is O=C(CC1CCc2ccccc21)Nc1nc2n(n1)CC(C(=O)O)CC2. The topological polar surface area (TPSA) is 97.1 Å². The predicted molar refractivity (Wildman–Crippen MR) is 90.2 cm³/mol. The zero-order valence-electron chi connectivity index (χ0n) is 13.8. The lowest BCUT2D eigenvalue weighted by atomic mass is 9.97. The van der Waals surface area contributed by atoms with E-state index >= 15 is 0 Å². The molecule has 1 aliphatic heterocycles. The highest BCUT2D eigenvalue weighted by Crippen LogP contribution is 2.35. The van der Waals surface area contributed by atoms with Crippen molar-refractivity contribution in [3.05, 3.63) is 41.2 Å². The Kier molecular flexibility index (Phi) is 3.99. The molecule has 2 N–H and O–H groups in total. The number of carbonyl (C=O) groups excluding carboxylic acids is 1. The summed E-state index contributed by atoms with van der Waals surface area (Å²) in [7, 11) is 0. The summed E-state index contributed by atoms with van der Waals surface area (Å²) in [4.78, 5) is 27.8. The summed E-state index contributed by atoms with van der Waals surface area (Å²) in [5.74, 6) is -0.0972. The van der Waals surface area contributed by atoms with Gasteiger partial charge in [-0.05, 0) is 36.3 Å². The van der Waals surface area contributed by atoms with E-state index in [0.717, 1.165) is 18.7 Å². The minimum absolute atomic E-state index is 0.0977. The third-order valence-corrected chi connectivity index (χ3v) is 5.15. The molecule has 7 nitrogen and oxygen atoms in total. The Morgan fingerprint density at radius 1 is 1.24 bits per heavy atom. The molecule has 1 aliphatic carbocycles. The number of benzene rings is 1. The minimum Gasteiger partial charge on any atom is -0.481 e. The van der Waals surface area contributed by atoms with Gasteiger partial charge < -0.3 is 5.11 Å². The van der Waals surface area contributed by atoms with Crippen LogP contribution in [-0.2, 0) is 29.0 Å². The van der Waals surface area contributed by atoms with Gasteiger partial charge in [-0.25, -0.2) is 4.68 Å². The number of amides is 1. The summed E-state index contributed by atoms with van der Waals surface area (Å²) >= 11 is 0. The molecule has 0 bridgehead atoms. The van der Waals surface area contributed by atoms with Crippen molar-refractivity contribution in [2.45, 2.75) is 44.6 Å². The molecule has 1 amide bonds. The second kappa shape index (κ2) is 6.31. The van der Waals surface area contributed by atoms with Gasteiger partial charge in [-0.15, -0.1) is 5.10 Å². The van der Waals surface area contributed by atoms with Crippen molar-refractivity contribution in [2.24, 2.45) is 5.92 Å². The van der Waals surface area contributed by atoms with Gasteiger partial charge >= 0.3 is 5.97 Å². The van der Waals surface area contributed by atoms with E-state index in [0.29, 0.717) is 25.8 Å². The van der Waals surface area contributed by atoms with E-state index in [1.807, 2.05) is 12.1 Å². The molecule has 130 valence electrons. The number of carbonyl (C=O) groups is 2. The molecule has 1 aromatic heterocycles. The monoisotopic (exact) mass is 340 g/mol. The van der Waals surface area contributed by atoms with Gasteiger partial charge in [0.25, 0.3) is 0 Å². The molecular formula is C18H20N4O3. The van der Waals surface area contributed by atoms with Gasteiger partial charge in [-0.3, -0.25) is 14.9 Å². The Bertz CT molecular complexity index is 829. The summed E-state index contributed by atoms with van der Waals surface area (Å²) in [5.41, 5.74) is 2.59. The molecule has 0 saturated carbocycles. The summed E-state index contributed by atoms with van der Waals surface area (Å²) in [6.45, 7) is 0.309. The van der Waals surface area contributed by atoms with E-state index in [2.05, 4.69) is 27.5 Å². The molecule has 25 heavy (non-hydrogen) atoms. The van der Waals surface area contributed by atoms with Crippen LogP contribution in [-0.4, -0.2) is 31.7 Å². The highest BCUT2D eigenvalue weighted by molar-refractivity contribution is 5.89. The summed E-state index contributed by atoms with van der Waals surface area (Å²) in [5, 5.41) is 16.1. The molecule has 2 unspecified atom stereocenters. The van der Waals surface area contributed by atoms with Crippen LogP contribution in [0.1, 0.15) is 42.1 Å². The van der Waals surface area contributed by atoms with E-state index in [1.54, 1.807) is 4.68 Å². The number of anilines is 1. The molecule has 2 aliphatic rings. The second-order valence-electron chi connectivity index (χ2n) is 6.79. The molecule has 0 fully saturated rings. The maximum Gasteiger partial charge on any atom is 0.308 e. The first-order chi connectivity index (χ1) is 12.1. The number of nitrogens with zero attached hydrogens (tertiary/aromatic N) is 3.